The highest BCUT2D eigenvalue weighted by Crippen LogP contribution is 2.42. The number of aliphatic hydroxyl groups is 1. The summed E-state index contributed by atoms with van der Waals surface area (Å²) < 4.78 is 21.2. The first-order valence-corrected chi connectivity index (χ1v) is 16.1. The maximum Gasteiger partial charge on any atom is 0.220 e. The molecule has 2 aliphatic rings. The maximum absolute atomic E-state index is 15.5. The van der Waals surface area contributed by atoms with Crippen LogP contribution in [0.5, 0.6) is 5.75 Å². The molecule has 2 aliphatic heterocycles. The Kier molecular flexibility index (Phi) is 10.1. The average molecular weight is 665 g/mol. The van der Waals surface area contributed by atoms with Crippen molar-refractivity contribution < 1.29 is 19.0 Å². The molecule has 240 valence electrons. The van der Waals surface area contributed by atoms with Gasteiger partial charge in [-0.2, -0.15) is 0 Å². The fourth-order valence-electron chi connectivity index (χ4n) is 6.04. The first-order chi connectivity index (χ1) is 22.3. The molecule has 1 aromatic heterocycles. The minimum absolute atomic E-state index is 0.0972. The van der Waals surface area contributed by atoms with E-state index in [1.165, 1.54) is 0 Å². The first-order valence-electron chi connectivity index (χ1n) is 15.3. The van der Waals surface area contributed by atoms with E-state index in [0.717, 1.165) is 30.6 Å². The van der Waals surface area contributed by atoms with Gasteiger partial charge < -0.3 is 25.8 Å². The number of amides is 1. The van der Waals surface area contributed by atoms with Crippen LogP contribution in [0, 0.1) is 11.7 Å². The summed E-state index contributed by atoms with van der Waals surface area (Å²) in [6, 6.07) is 18.6. The molecule has 11 heteroatoms. The number of carbonyl (C=O) groups is 1. The number of aliphatic hydroxyl groups excluding tert-OH is 1. The van der Waals surface area contributed by atoms with E-state index in [0.29, 0.717) is 75.6 Å². The third-order valence-electron chi connectivity index (χ3n) is 8.56. The second-order valence-corrected chi connectivity index (χ2v) is 12.6. The summed E-state index contributed by atoms with van der Waals surface area (Å²) >= 11 is 13.9. The van der Waals surface area contributed by atoms with Crippen LogP contribution in [0.2, 0.25) is 10.0 Å². The van der Waals surface area contributed by atoms with Crippen molar-refractivity contribution in [3.05, 3.63) is 93.8 Å². The van der Waals surface area contributed by atoms with E-state index in [9.17, 15) is 9.90 Å². The first kappa shape index (κ1) is 32.2. The van der Waals surface area contributed by atoms with Crippen LogP contribution in [0.3, 0.4) is 0 Å². The van der Waals surface area contributed by atoms with E-state index >= 15 is 4.39 Å². The second kappa shape index (κ2) is 14.4. The van der Waals surface area contributed by atoms with Crippen LogP contribution in [0.1, 0.15) is 24.0 Å². The lowest BCUT2D eigenvalue weighted by atomic mass is 10.00. The summed E-state index contributed by atoms with van der Waals surface area (Å²) in [7, 11) is 1.62. The van der Waals surface area contributed by atoms with Gasteiger partial charge in [-0.25, -0.2) is 4.39 Å². The quantitative estimate of drug-likeness (QED) is 0.139. The van der Waals surface area contributed by atoms with E-state index in [-0.39, 0.29) is 30.3 Å². The zero-order valence-electron chi connectivity index (χ0n) is 25.5. The molecule has 0 unspecified atom stereocenters. The molecule has 1 atom stereocenters. The van der Waals surface area contributed by atoms with E-state index < -0.39 is 0 Å². The largest absolute Gasteiger partial charge is 0.496 e. The molecule has 0 saturated carbocycles. The molecule has 4 aromatic rings. The van der Waals surface area contributed by atoms with Gasteiger partial charge in [-0.3, -0.25) is 14.7 Å². The van der Waals surface area contributed by atoms with Gasteiger partial charge in [0.1, 0.15) is 5.75 Å². The molecule has 6 rings (SSSR count). The van der Waals surface area contributed by atoms with Crippen molar-refractivity contribution in [2.24, 2.45) is 5.92 Å². The number of nitrogens with one attached hydrogen (secondary N) is 3. The van der Waals surface area contributed by atoms with Crippen molar-refractivity contribution in [3.8, 4) is 28.1 Å². The lowest BCUT2D eigenvalue weighted by Gasteiger charge is -2.38. The predicted octanol–water partition coefficient (Wildman–Crippen LogP) is 6.41. The Balaban J connectivity index is 1.20. The Morgan fingerprint density at radius 2 is 1.83 bits per heavy atom. The SMILES string of the molecule is COc1cc(-c2nccc(-c3cccc(Nc4cccc(CN5CC(CO)C5)c4F)c3Cl)c2Cl)ccc1CNC[C@H]1CCC(=O)N1. The van der Waals surface area contributed by atoms with Crippen molar-refractivity contribution in [2.45, 2.75) is 32.0 Å². The smallest absolute Gasteiger partial charge is 0.220 e. The molecule has 0 bridgehead atoms. The third kappa shape index (κ3) is 6.99. The van der Waals surface area contributed by atoms with Gasteiger partial charge in [0.25, 0.3) is 0 Å². The van der Waals surface area contributed by atoms with Crippen LogP contribution in [0.4, 0.5) is 15.8 Å². The van der Waals surface area contributed by atoms with Gasteiger partial charge in [-0.15, -0.1) is 0 Å². The number of pyridine rings is 1. The topological polar surface area (TPSA) is 98.8 Å². The molecule has 1 amide bonds. The summed E-state index contributed by atoms with van der Waals surface area (Å²) in [4.78, 5) is 18.2. The van der Waals surface area contributed by atoms with E-state index in [1.807, 2.05) is 42.5 Å². The van der Waals surface area contributed by atoms with Crippen LogP contribution >= 0.6 is 23.2 Å². The number of likely N-dealkylation sites (tertiary alicyclic amines) is 1. The number of benzene rings is 3. The van der Waals surface area contributed by atoms with Crippen LogP contribution in [0.25, 0.3) is 22.4 Å². The fourth-order valence-corrected chi connectivity index (χ4v) is 6.64. The summed E-state index contributed by atoms with van der Waals surface area (Å²) in [5.74, 6) is 0.715. The van der Waals surface area contributed by atoms with Gasteiger partial charge in [-0.05, 0) is 30.7 Å². The van der Waals surface area contributed by atoms with Gasteiger partial charge in [0.15, 0.2) is 5.82 Å². The third-order valence-corrected chi connectivity index (χ3v) is 9.35. The molecule has 46 heavy (non-hydrogen) atoms. The summed E-state index contributed by atoms with van der Waals surface area (Å²) in [5, 5.41) is 19.7. The monoisotopic (exact) mass is 663 g/mol. The van der Waals surface area contributed by atoms with Crippen molar-refractivity contribution in [1.82, 2.24) is 20.5 Å². The Morgan fingerprint density at radius 3 is 2.59 bits per heavy atom. The number of methoxy groups -OCH3 is 1. The summed E-state index contributed by atoms with van der Waals surface area (Å²) in [6.07, 6.45) is 3.09. The number of ether oxygens (including phenoxy) is 1. The van der Waals surface area contributed by atoms with Crippen LogP contribution in [-0.2, 0) is 17.9 Å². The Hall–Kier alpha value is -3.73. The number of halogens is 3. The standard InChI is InChI=1S/C35H36Cl2FN5O3/c1-46-30-14-22(8-9-23(30)15-39-16-25-10-11-31(45)41-25)35-33(37)27(12-13-40-35)26-5-3-6-28(32(26)36)42-29-7-2-4-24(34(29)38)19-43-17-21(18-43)20-44/h2-9,12-14,21,25,39,42,44H,10-11,15-20H2,1H3,(H,41,45)/t25-/m1/s1. The molecule has 0 aliphatic carbocycles. The Bertz CT molecular complexity index is 1730. The molecule has 4 N–H and O–H groups in total. The lowest BCUT2D eigenvalue weighted by molar-refractivity contribution is -0.119. The normalized spacial score (nSPS) is 16.7. The number of nitrogens with zero attached hydrogens (tertiary/aromatic N) is 2. The van der Waals surface area contributed by atoms with E-state index in [4.69, 9.17) is 27.9 Å². The number of hydrogen-bond acceptors (Lipinski definition) is 7. The van der Waals surface area contributed by atoms with Gasteiger partial charge in [0.05, 0.1) is 34.2 Å². The molecule has 3 heterocycles. The van der Waals surface area contributed by atoms with Crippen molar-refractivity contribution >= 4 is 40.5 Å². The number of hydrogen-bond donors (Lipinski definition) is 4. The predicted molar refractivity (Wildman–Crippen MR) is 180 cm³/mol. The number of rotatable bonds is 12. The van der Waals surface area contributed by atoms with Crippen molar-refractivity contribution in [2.75, 3.05) is 38.7 Å². The molecule has 2 fully saturated rings. The average Bonchev–Trinajstić information content (AvgIpc) is 3.46. The zero-order chi connectivity index (χ0) is 32.2. The van der Waals surface area contributed by atoms with Gasteiger partial charge in [0, 0.05) is 91.7 Å². The fraction of sp³-hybridized carbons (Fsp3) is 0.314. The second-order valence-electron chi connectivity index (χ2n) is 11.8. The lowest BCUT2D eigenvalue weighted by Crippen LogP contribution is -2.47. The number of carbonyl (C=O) groups excluding carboxylic acids is 1. The number of aromatic nitrogens is 1. The van der Waals surface area contributed by atoms with Gasteiger partial charge in [-0.1, -0.05) is 59.6 Å². The molecule has 2 saturated heterocycles. The van der Waals surface area contributed by atoms with Gasteiger partial charge >= 0.3 is 0 Å². The minimum atomic E-state index is -0.335. The van der Waals surface area contributed by atoms with E-state index in [1.54, 1.807) is 31.5 Å². The van der Waals surface area contributed by atoms with Crippen LogP contribution in [-0.4, -0.2) is 60.3 Å². The molecule has 3 aromatic carbocycles. The molecular weight excluding hydrogens is 628 g/mol. The van der Waals surface area contributed by atoms with Crippen molar-refractivity contribution in [1.29, 1.82) is 0 Å². The van der Waals surface area contributed by atoms with Crippen LogP contribution < -0.4 is 20.7 Å². The van der Waals surface area contributed by atoms with Crippen molar-refractivity contribution in [3.63, 3.8) is 0 Å². The Morgan fingerprint density at radius 1 is 1.04 bits per heavy atom. The molecule has 0 spiro atoms. The molecule has 0 radical (unpaired) electrons. The molecular formula is C35H36Cl2FN5O3. The molecule has 8 nitrogen and oxygen atoms in total. The van der Waals surface area contributed by atoms with Crippen LogP contribution in [0.15, 0.2) is 66.9 Å². The summed E-state index contributed by atoms with van der Waals surface area (Å²) in [5.41, 5.74) is 5.15. The maximum atomic E-state index is 15.5. The highest BCUT2D eigenvalue weighted by atomic mass is 35.5. The minimum Gasteiger partial charge on any atom is -0.496 e. The van der Waals surface area contributed by atoms with Gasteiger partial charge in [0.2, 0.25) is 5.91 Å². The summed E-state index contributed by atoms with van der Waals surface area (Å²) in [6.45, 7) is 3.41. The number of anilines is 2. The highest BCUT2D eigenvalue weighted by Gasteiger charge is 2.27. The Labute approximate surface area is 277 Å². The van der Waals surface area contributed by atoms with E-state index in [2.05, 4.69) is 25.8 Å². The highest BCUT2D eigenvalue weighted by molar-refractivity contribution is 6.39. The zero-order valence-corrected chi connectivity index (χ0v) is 27.0.